The van der Waals surface area contributed by atoms with E-state index >= 15 is 0 Å². The summed E-state index contributed by atoms with van der Waals surface area (Å²) in [6, 6.07) is 7.76. The number of thiazole rings is 1. The van der Waals surface area contributed by atoms with E-state index < -0.39 is 5.97 Å². The first-order valence-corrected chi connectivity index (χ1v) is 10.1. The van der Waals surface area contributed by atoms with Gasteiger partial charge in [0.1, 0.15) is 12.4 Å². The second-order valence-electron chi connectivity index (χ2n) is 6.71. The van der Waals surface area contributed by atoms with Crippen molar-refractivity contribution in [2.24, 2.45) is 11.1 Å². The van der Waals surface area contributed by atoms with E-state index in [2.05, 4.69) is 10.1 Å². The molecule has 0 radical (unpaired) electrons. The van der Waals surface area contributed by atoms with Crippen LogP contribution in [0.3, 0.4) is 0 Å². The summed E-state index contributed by atoms with van der Waals surface area (Å²) in [5.41, 5.74) is 1.91. The SMILES string of the molecule is Cc1nc(COc2ccc(C(O/N=C/C(=O)O)C3CCCCC3)cc2)cs1. The molecule has 0 bridgehead atoms. The molecule has 1 saturated carbocycles. The molecule has 6 nitrogen and oxygen atoms in total. The summed E-state index contributed by atoms with van der Waals surface area (Å²) >= 11 is 1.61. The van der Waals surface area contributed by atoms with Gasteiger partial charge in [0.2, 0.25) is 0 Å². The van der Waals surface area contributed by atoms with Crippen LogP contribution in [-0.2, 0) is 16.2 Å². The van der Waals surface area contributed by atoms with Crippen molar-refractivity contribution >= 4 is 23.5 Å². The average molecular weight is 388 g/mol. The Kier molecular flexibility index (Phi) is 6.81. The number of benzene rings is 1. The minimum Gasteiger partial charge on any atom is -0.487 e. The molecule has 1 fully saturated rings. The molecule has 144 valence electrons. The topological polar surface area (TPSA) is 81.0 Å². The zero-order valence-electron chi connectivity index (χ0n) is 15.3. The van der Waals surface area contributed by atoms with Crippen LogP contribution in [0.15, 0.2) is 34.8 Å². The largest absolute Gasteiger partial charge is 0.487 e. The molecule has 0 saturated heterocycles. The minimum absolute atomic E-state index is 0.240. The second kappa shape index (κ2) is 9.50. The van der Waals surface area contributed by atoms with Crippen LogP contribution in [0.2, 0.25) is 0 Å². The number of aryl methyl sites for hydroxylation is 1. The van der Waals surface area contributed by atoms with Gasteiger partial charge in [-0.25, -0.2) is 9.78 Å². The number of aliphatic carboxylic acids is 1. The van der Waals surface area contributed by atoms with Gasteiger partial charge in [0.05, 0.1) is 10.7 Å². The molecule has 1 atom stereocenters. The van der Waals surface area contributed by atoms with Gasteiger partial charge in [-0.2, -0.15) is 0 Å². The number of nitrogens with zero attached hydrogens (tertiary/aromatic N) is 2. The highest BCUT2D eigenvalue weighted by molar-refractivity contribution is 7.09. The Morgan fingerprint density at radius 3 is 2.70 bits per heavy atom. The summed E-state index contributed by atoms with van der Waals surface area (Å²) in [6.45, 7) is 2.41. The standard InChI is InChI=1S/C20H24N2O4S/c1-14-22-17(13-27-14)12-25-18-9-7-16(8-10-18)20(26-21-11-19(23)24)15-5-3-2-4-6-15/h7-11,13,15,20H,2-6,12H2,1H3,(H,23,24)/b21-11+. The zero-order valence-corrected chi connectivity index (χ0v) is 16.2. The van der Waals surface area contributed by atoms with Crippen LogP contribution < -0.4 is 4.74 Å². The molecule has 1 aromatic heterocycles. The van der Waals surface area contributed by atoms with Gasteiger partial charge < -0.3 is 14.7 Å². The monoisotopic (exact) mass is 388 g/mol. The summed E-state index contributed by atoms with van der Waals surface area (Å²) < 4.78 is 5.79. The molecule has 1 N–H and O–H groups in total. The van der Waals surface area contributed by atoms with Crippen molar-refractivity contribution in [3.05, 3.63) is 45.9 Å². The van der Waals surface area contributed by atoms with Crippen LogP contribution in [0.1, 0.15) is 54.5 Å². The normalized spacial score (nSPS) is 16.3. The van der Waals surface area contributed by atoms with Gasteiger partial charge in [-0.15, -0.1) is 11.3 Å². The van der Waals surface area contributed by atoms with Gasteiger partial charge in [-0.05, 0) is 37.5 Å². The third-order valence-electron chi connectivity index (χ3n) is 4.68. The maximum Gasteiger partial charge on any atom is 0.350 e. The summed E-state index contributed by atoms with van der Waals surface area (Å²) in [4.78, 5) is 20.7. The number of carbonyl (C=O) groups is 1. The number of carboxylic acid groups (broad SMARTS) is 1. The molecule has 1 heterocycles. The van der Waals surface area contributed by atoms with Crippen molar-refractivity contribution in [1.29, 1.82) is 0 Å². The quantitative estimate of drug-likeness (QED) is 0.522. The first kappa shape index (κ1) is 19.4. The number of hydrogen-bond donors (Lipinski definition) is 1. The van der Waals surface area contributed by atoms with Crippen LogP contribution >= 0.6 is 11.3 Å². The summed E-state index contributed by atoms with van der Waals surface area (Å²) in [7, 11) is 0. The van der Waals surface area contributed by atoms with E-state index in [0.717, 1.165) is 41.1 Å². The number of rotatable bonds is 8. The number of carboxylic acids is 1. The van der Waals surface area contributed by atoms with Crippen molar-refractivity contribution in [3.63, 3.8) is 0 Å². The predicted octanol–water partition coefficient (Wildman–Crippen LogP) is 4.74. The lowest BCUT2D eigenvalue weighted by molar-refractivity contribution is -0.129. The number of oxime groups is 1. The number of hydrogen-bond acceptors (Lipinski definition) is 6. The lowest BCUT2D eigenvalue weighted by Gasteiger charge is -2.28. The minimum atomic E-state index is -1.11. The van der Waals surface area contributed by atoms with Crippen molar-refractivity contribution in [3.8, 4) is 5.75 Å². The fraction of sp³-hybridized carbons (Fsp3) is 0.450. The van der Waals surface area contributed by atoms with E-state index in [-0.39, 0.29) is 6.10 Å². The zero-order chi connectivity index (χ0) is 19.1. The maximum absolute atomic E-state index is 10.7. The molecule has 7 heteroatoms. The molecule has 0 aliphatic heterocycles. The lowest BCUT2D eigenvalue weighted by atomic mass is 9.83. The molecule has 1 unspecified atom stereocenters. The molecule has 1 aliphatic rings. The molecule has 1 aromatic carbocycles. The Labute approximate surface area is 162 Å². The van der Waals surface area contributed by atoms with Crippen molar-refractivity contribution in [2.45, 2.75) is 51.7 Å². The molecule has 27 heavy (non-hydrogen) atoms. The predicted molar refractivity (Wildman–Crippen MR) is 104 cm³/mol. The Hall–Kier alpha value is -2.41. The summed E-state index contributed by atoms with van der Waals surface area (Å²) in [5, 5.41) is 15.4. The fourth-order valence-electron chi connectivity index (χ4n) is 3.38. The summed E-state index contributed by atoms with van der Waals surface area (Å²) in [5.74, 6) is -0.00584. The number of ether oxygens (including phenoxy) is 1. The molecule has 2 aromatic rings. The third-order valence-corrected chi connectivity index (χ3v) is 5.50. The fourth-order valence-corrected chi connectivity index (χ4v) is 3.98. The summed E-state index contributed by atoms with van der Waals surface area (Å²) in [6.07, 6.45) is 6.26. The van der Waals surface area contributed by atoms with Gasteiger partial charge in [0.25, 0.3) is 0 Å². The molecule has 0 spiro atoms. The van der Waals surface area contributed by atoms with Gasteiger partial charge in [-0.1, -0.05) is 36.6 Å². The van der Waals surface area contributed by atoms with E-state index in [1.165, 1.54) is 19.3 Å². The maximum atomic E-state index is 10.7. The van der Waals surface area contributed by atoms with Gasteiger partial charge in [0.15, 0.2) is 12.3 Å². The van der Waals surface area contributed by atoms with Crippen LogP contribution in [0, 0.1) is 12.8 Å². The van der Waals surface area contributed by atoms with E-state index in [1.807, 2.05) is 36.6 Å². The highest BCUT2D eigenvalue weighted by atomic mass is 32.1. The highest BCUT2D eigenvalue weighted by Crippen LogP contribution is 2.37. The van der Waals surface area contributed by atoms with Crippen LogP contribution in [0.5, 0.6) is 5.75 Å². The molecule has 0 amide bonds. The van der Waals surface area contributed by atoms with Gasteiger partial charge in [-0.3, -0.25) is 0 Å². The van der Waals surface area contributed by atoms with Crippen LogP contribution in [0.25, 0.3) is 0 Å². The van der Waals surface area contributed by atoms with Crippen molar-refractivity contribution in [2.75, 3.05) is 0 Å². The van der Waals surface area contributed by atoms with E-state index in [0.29, 0.717) is 12.5 Å². The second-order valence-corrected chi connectivity index (χ2v) is 7.77. The first-order valence-electron chi connectivity index (χ1n) is 9.17. The van der Waals surface area contributed by atoms with E-state index in [1.54, 1.807) is 11.3 Å². The Balaban J connectivity index is 1.66. The molecular formula is C20H24N2O4S. The van der Waals surface area contributed by atoms with Crippen molar-refractivity contribution in [1.82, 2.24) is 4.98 Å². The highest BCUT2D eigenvalue weighted by Gasteiger charge is 2.27. The Bertz CT molecular complexity index is 767. The van der Waals surface area contributed by atoms with Gasteiger partial charge >= 0.3 is 5.97 Å². The number of aromatic nitrogens is 1. The smallest absolute Gasteiger partial charge is 0.350 e. The van der Waals surface area contributed by atoms with Crippen LogP contribution in [0.4, 0.5) is 0 Å². The molecule has 3 rings (SSSR count). The molecule has 1 aliphatic carbocycles. The first-order chi connectivity index (χ1) is 13.1. The van der Waals surface area contributed by atoms with Crippen LogP contribution in [-0.4, -0.2) is 22.3 Å². The average Bonchev–Trinajstić information content (AvgIpc) is 3.10. The van der Waals surface area contributed by atoms with Gasteiger partial charge in [0, 0.05) is 11.3 Å². The van der Waals surface area contributed by atoms with E-state index in [4.69, 9.17) is 14.7 Å². The Morgan fingerprint density at radius 2 is 2.07 bits per heavy atom. The third kappa shape index (κ3) is 5.79. The lowest BCUT2D eigenvalue weighted by Crippen LogP contribution is -2.18. The van der Waals surface area contributed by atoms with Crippen molar-refractivity contribution < 1.29 is 19.5 Å². The Morgan fingerprint density at radius 1 is 1.33 bits per heavy atom. The molecular weight excluding hydrogens is 364 g/mol. The van der Waals surface area contributed by atoms with E-state index in [9.17, 15) is 4.79 Å².